The van der Waals surface area contributed by atoms with Gasteiger partial charge in [0.05, 0.1) is 12.7 Å². The molecule has 6 rings (SSSR count). The molecule has 1 unspecified atom stereocenters. The van der Waals surface area contributed by atoms with E-state index in [1.54, 1.807) is 13.1 Å². The van der Waals surface area contributed by atoms with E-state index in [0.717, 1.165) is 5.56 Å². The Morgan fingerprint density at radius 1 is 0.935 bits per heavy atom. The van der Waals surface area contributed by atoms with Gasteiger partial charge in [-0.2, -0.15) is 0 Å². The lowest BCUT2D eigenvalue weighted by atomic mass is 10.1. The predicted octanol–water partition coefficient (Wildman–Crippen LogP) is 5.02. The van der Waals surface area contributed by atoms with Crippen molar-refractivity contribution < 1.29 is 18.2 Å². The molecule has 4 aromatic rings. The fourth-order valence-corrected chi connectivity index (χ4v) is 12.6. The van der Waals surface area contributed by atoms with E-state index >= 15 is 0 Å². The van der Waals surface area contributed by atoms with Gasteiger partial charge in [0.2, 0.25) is 0 Å². The number of ether oxygens (including phenoxy) is 1. The highest BCUT2D eigenvalue weighted by atomic mass is 31.2. The molecule has 1 N–H and O–H groups in total. The van der Waals surface area contributed by atoms with Crippen molar-refractivity contribution >= 4 is 27.2 Å². The molecule has 2 aliphatic rings. The Bertz CT molecular complexity index is 1690. The normalized spacial score (nSPS) is 24.0. The van der Waals surface area contributed by atoms with E-state index < -0.39 is 46.5 Å². The van der Waals surface area contributed by atoms with E-state index in [0.29, 0.717) is 18.5 Å². The molecule has 2 aliphatic heterocycles. The van der Waals surface area contributed by atoms with Crippen molar-refractivity contribution in [3.8, 4) is 0 Å². The fourth-order valence-electron chi connectivity index (χ4n) is 6.49. The van der Waals surface area contributed by atoms with Crippen LogP contribution in [-0.4, -0.2) is 54.9 Å². The number of nitrogens with one attached hydrogen (secondary N) is 1. The molecule has 0 bridgehead atoms. The Labute approximate surface area is 272 Å². The van der Waals surface area contributed by atoms with Crippen LogP contribution in [-0.2, 0) is 18.2 Å². The van der Waals surface area contributed by atoms with Gasteiger partial charge in [-0.15, -0.1) is 0 Å². The molecular formula is C35H42N3O6PSi. The topological polar surface area (TPSA) is 95.0 Å². The molecule has 0 amide bonds. The van der Waals surface area contributed by atoms with Gasteiger partial charge in [0.1, 0.15) is 18.4 Å². The van der Waals surface area contributed by atoms with Crippen LogP contribution in [0.5, 0.6) is 0 Å². The minimum atomic E-state index is -2.88. The Hall–Kier alpha value is -3.21. The van der Waals surface area contributed by atoms with Crippen LogP contribution in [0.15, 0.2) is 107 Å². The van der Waals surface area contributed by atoms with Crippen LogP contribution in [0.4, 0.5) is 0 Å². The molecule has 3 heterocycles. The van der Waals surface area contributed by atoms with Gasteiger partial charge in [0.15, 0.2) is 0 Å². The highest BCUT2D eigenvalue weighted by Crippen LogP contribution is 2.55. The lowest BCUT2D eigenvalue weighted by Gasteiger charge is -2.43. The van der Waals surface area contributed by atoms with E-state index in [1.165, 1.54) is 14.9 Å². The number of rotatable bonds is 9. The second-order valence-corrected chi connectivity index (χ2v) is 18.9. The van der Waals surface area contributed by atoms with E-state index in [4.69, 9.17) is 18.2 Å². The molecule has 9 nitrogen and oxygen atoms in total. The van der Waals surface area contributed by atoms with Crippen LogP contribution in [0.25, 0.3) is 0 Å². The number of aromatic nitrogens is 2. The maximum absolute atomic E-state index is 12.9. The zero-order valence-electron chi connectivity index (χ0n) is 27.0. The summed E-state index contributed by atoms with van der Waals surface area (Å²) in [6, 6.07) is 31.1. The zero-order chi connectivity index (χ0) is 32.5. The van der Waals surface area contributed by atoms with E-state index in [2.05, 4.69) is 91.1 Å². The Morgan fingerprint density at radius 2 is 1.52 bits per heavy atom. The first-order valence-corrected chi connectivity index (χ1v) is 18.7. The van der Waals surface area contributed by atoms with Crippen molar-refractivity contribution in [1.29, 1.82) is 0 Å². The van der Waals surface area contributed by atoms with Crippen molar-refractivity contribution in [3.05, 3.63) is 129 Å². The van der Waals surface area contributed by atoms with E-state index in [9.17, 15) is 9.59 Å². The summed E-state index contributed by atoms with van der Waals surface area (Å²) in [5.74, 6) is 0. The molecule has 2 fully saturated rings. The number of nitrogens with zero attached hydrogens (tertiary/aromatic N) is 2. The molecule has 3 aromatic carbocycles. The molecule has 46 heavy (non-hydrogen) atoms. The number of likely N-dealkylation sites (N-methyl/N-ethyl adjacent to an activating group) is 1. The second kappa shape index (κ2) is 13.5. The van der Waals surface area contributed by atoms with Gasteiger partial charge < -0.3 is 18.2 Å². The van der Waals surface area contributed by atoms with Gasteiger partial charge in [-0.1, -0.05) is 112 Å². The van der Waals surface area contributed by atoms with Gasteiger partial charge in [0, 0.05) is 24.7 Å². The van der Waals surface area contributed by atoms with Crippen LogP contribution in [0.1, 0.15) is 50.7 Å². The van der Waals surface area contributed by atoms with Crippen molar-refractivity contribution in [2.24, 2.45) is 0 Å². The zero-order valence-corrected chi connectivity index (χ0v) is 28.9. The summed E-state index contributed by atoms with van der Waals surface area (Å²) in [5.41, 5.74) is 0.610. The van der Waals surface area contributed by atoms with Crippen LogP contribution in [0, 0.1) is 6.92 Å². The standard InChI is InChI=1S/C35H42N3O6PSi/c1-25-22-38(34(40)36-33(25)39)32-21-29(43-45-37(5)23-30(44-45)26-15-9-6-10-16-26)31(42-32)24-41-46(35(2,3)4,27-17-11-7-12-18-27)28-19-13-8-14-20-28/h6-20,22,29-32H,21,23-24H2,1-5H3,(H,36,39,40)/t29-,30+,31+,32+,45?/m0/s1. The predicted molar refractivity (Wildman–Crippen MR) is 183 cm³/mol. The lowest BCUT2D eigenvalue weighted by molar-refractivity contribution is -0.0396. The quantitative estimate of drug-likeness (QED) is 0.199. The Kier molecular flexibility index (Phi) is 9.59. The van der Waals surface area contributed by atoms with Crippen molar-refractivity contribution in [2.75, 3.05) is 20.2 Å². The van der Waals surface area contributed by atoms with Crippen LogP contribution in [0.2, 0.25) is 5.04 Å². The highest BCUT2D eigenvalue weighted by molar-refractivity contribution is 7.44. The molecule has 0 saturated carbocycles. The van der Waals surface area contributed by atoms with Crippen LogP contribution >= 0.6 is 8.53 Å². The van der Waals surface area contributed by atoms with Crippen molar-refractivity contribution in [3.63, 3.8) is 0 Å². The van der Waals surface area contributed by atoms with Gasteiger partial charge in [-0.3, -0.25) is 14.3 Å². The van der Waals surface area contributed by atoms with Crippen molar-refractivity contribution in [1.82, 2.24) is 14.2 Å². The lowest BCUT2D eigenvalue weighted by Crippen LogP contribution is -2.67. The molecular weight excluding hydrogens is 617 g/mol. The first-order chi connectivity index (χ1) is 22.1. The third-order valence-corrected chi connectivity index (χ3v) is 15.5. The third kappa shape index (κ3) is 6.48. The Balaban J connectivity index is 1.32. The van der Waals surface area contributed by atoms with Gasteiger partial charge >= 0.3 is 5.69 Å². The summed E-state index contributed by atoms with van der Waals surface area (Å²) >= 11 is 0. The van der Waals surface area contributed by atoms with Gasteiger partial charge in [0.25, 0.3) is 22.4 Å². The summed E-state index contributed by atoms with van der Waals surface area (Å²) in [5, 5.41) is 2.11. The molecule has 2 saturated heterocycles. The van der Waals surface area contributed by atoms with Crippen LogP contribution < -0.4 is 21.6 Å². The number of H-pyrrole nitrogens is 1. The number of hydrogen-bond acceptors (Lipinski definition) is 7. The smallest absolute Gasteiger partial charge is 0.330 e. The maximum Gasteiger partial charge on any atom is 0.330 e. The monoisotopic (exact) mass is 659 g/mol. The van der Waals surface area contributed by atoms with E-state index in [-0.39, 0.29) is 17.7 Å². The molecule has 242 valence electrons. The SMILES string of the molecule is Cc1cn([C@H]2C[C@H](OP3O[C@@H](c4ccccc4)CN3C)[C@@H](CO[Si](c3ccccc3)(c3ccccc3)C(C)(C)C)O2)c(=O)[nH]c1=O. The number of hydrogen-bond donors (Lipinski definition) is 1. The summed E-state index contributed by atoms with van der Waals surface area (Å²) in [6.45, 7) is 9.35. The van der Waals surface area contributed by atoms with Gasteiger partial charge in [-0.25, -0.2) is 9.46 Å². The highest BCUT2D eigenvalue weighted by Gasteiger charge is 2.52. The van der Waals surface area contributed by atoms with E-state index in [1.807, 2.05) is 37.4 Å². The molecule has 11 heteroatoms. The minimum absolute atomic E-state index is 0.105. The molecule has 0 radical (unpaired) electrons. The van der Waals surface area contributed by atoms with Crippen LogP contribution in [0.3, 0.4) is 0 Å². The molecule has 0 aliphatic carbocycles. The summed E-state index contributed by atoms with van der Waals surface area (Å²) in [4.78, 5) is 27.5. The Morgan fingerprint density at radius 3 is 2.11 bits per heavy atom. The minimum Gasteiger partial charge on any atom is -0.405 e. The first-order valence-electron chi connectivity index (χ1n) is 15.7. The number of aromatic amines is 1. The largest absolute Gasteiger partial charge is 0.405 e. The second-order valence-electron chi connectivity index (χ2n) is 13.0. The summed E-state index contributed by atoms with van der Waals surface area (Å²) in [6.07, 6.45) is 0.280. The average Bonchev–Trinajstić information content (AvgIpc) is 3.63. The molecule has 5 atom stereocenters. The third-order valence-electron chi connectivity index (χ3n) is 8.84. The maximum atomic E-state index is 12.9. The van der Waals surface area contributed by atoms with Gasteiger partial charge in [-0.05, 0) is 34.9 Å². The summed E-state index contributed by atoms with van der Waals surface area (Å²) < 4.78 is 30.7. The summed E-state index contributed by atoms with van der Waals surface area (Å²) in [7, 11) is -2.27. The van der Waals surface area contributed by atoms with Crippen molar-refractivity contribution in [2.45, 2.75) is 63.7 Å². The number of benzene rings is 3. The first kappa shape index (κ1) is 32.7. The number of aryl methyl sites for hydroxylation is 1. The fraction of sp³-hybridized carbons (Fsp3) is 0.371. The average molecular weight is 660 g/mol. The molecule has 1 aromatic heterocycles. The molecule has 0 spiro atoms.